The van der Waals surface area contributed by atoms with E-state index in [0.29, 0.717) is 10.6 Å². The first-order chi connectivity index (χ1) is 11.8. The van der Waals surface area contributed by atoms with Gasteiger partial charge >= 0.3 is 0 Å². The lowest BCUT2D eigenvalue weighted by molar-refractivity contribution is -0.384. The number of rotatable bonds is 6. The van der Waals surface area contributed by atoms with Gasteiger partial charge in [0.25, 0.3) is 11.6 Å². The number of halogens is 1. The van der Waals surface area contributed by atoms with Crippen molar-refractivity contribution in [2.24, 2.45) is 0 Å². The molecule has 2 aromatic rings. The van der Waals surface area contributed by atoms with Gasteiger partial charge in [-0.2, -0.15) is 0 Å². The Bertz CT molecular complexity index is 808. The summed E-state index contributed by atoms with van der Waals surface area (Å²) in [6.45, 7) is 1.56. The van der Waals surface area contributed by atoms with Gasteiger partial charge in [0.2, 0.25) is 0 Å². The molecular formula is C17H18ClN3O4. The lowest BCUT2D eigenvalue weighted by atomic mass is 9.95. The number of carbonyl (C=O) groups is 1. The van der Waals surface area contributed by atoms with Crippen LogP contribution in [-0.2, 0) is 5.60 Å². The largest absolute Gasteiger partial charge is 0.384 e. The Labute approximate surface area is 149 Å². The zero-order valence-corrected chi connectivity index (χ0v) is 14.5. The second-order valence-corrected chi connectivity index (χ2v) is 6.08. The minimum atomic E-state index is -1.34. The van der Waals surface area contributed by atoms with Crippen molar-refractivity contribution >= 4 is 28.9 Å². The molecule has 0 radical (unpaired) electrons. The highest BCUT2D eigenvalue weighted by molar-refractivity contribution is 6.31. The van der Waals surface area contributed by atoms with Crippen molar-refractivity contribution in [1.82, 2.24) is 5.32 Å². The Kier molecular flexibility index (Phi) is 5.61. The van der Waals surface area contributed by atoms with Crippen LogP contribution >= 0.6 is 11.6 Å². The second kappa shape index (κ2) is 7.50. The van der Waals surface area contributed by atoms with E-state index in [2.05, 4.69) is 10.6 Å². The molecule has 0 bridgehead atoms. The molecule has 3 N–H and O–H groups in total. The van der Waals surface area contributed by atoms with E-state index in [1.165, 1.54) is 25.2 Å². The minimum Gasteiger partial charge on any atom is -0.384 e. The van der Waals surface area contributed by atoms with Gasteiger partial charge in [0, 0.05) is 35.8 Å². The van der Waals surface area contributed by atoms with Crippen LogP contribution in [0.25, 0.3) is 0 Å². The number of carbonyl (C=O) groups excluding carboxylic acids is 1. The maximum Gasteiger partial charge on any atom is 0.293 e. The van der Waals surface area contributed by atoms with Crippen molar-refractivity contribution in [2.45, 2.75) is 12.5 Å². The zero-order valence-electron chi connectivity index (χ0n) is 13.7. The molecule has 0 saturated carbocycles. The zero-order chi connectivity index (χ0) is 18.6. The average Bonchev–Trinajstić information content (AvgIpc) is 2.59. The molecule has 0 aliphatic carbocycles. The first-order valence-electron chi connectivity index (χ1n) is 7.48. The molecule has 25 heavy (non-hydrogen) atoms. The minimum absolute atomic E-state index is 0.00308. The van der Waals surface area contributed by atoms with Crippen molar-refractivity contribution in [2.75, 3.05) is 18.9 Å². The second-order valence-electron chi connectivity index (χ2n) is 5.68. The van der Waals surface area contributed by atoms with Gasteiger partial charge in [-0.1, -0.05) is 29.8 Å². The number of amides is 1. The molecular weight excluding hydrogens is 346 g/mol. The van der Waals surface area contributed by atoms with E-state index in [-0.39, 0.29) is 23.5 Å². The Morgan fingerprint density at radius 2 is 2.00 bits per heavy atom. The van der Waals surface area contributed by atoms with Crippen LogP contribution in [0.5, 0.6) is 0 Å². The summed E-state index contributed by atoms with van der Waals surface area (Å²) in [6, 6.07) is 10.9. The smallest absolute Gasteiger partial charge is 0.293 e. The van der Waals surface area contributed by atoms with Gasteiger partial charge in [-0.3, -0.25) is 14.9 Å². The predicted molar refractivity (Wildman–Crippen MR) is 96.0 cm³/mol. The Balaban J connectivity index is 2.27. The molecule has 0 spiro atoms. The van der Waals surface area contributed by atoms with Crippen LogP contribution in [0.3, 0.4) is 0 Å². The van der Waals surface area contributed by atoms with Crippen LogP contribution in [0.4, 0.5) is 11.4 Å². The number of benzene rings is 2. The summed E-state index contributed by atoms with van der Waals surface area (Å²) in [6.07, 6.45) is 0. The summed E-state index contributed by atoms with van der Waals surface area (Å²) in [4.78, 5) is 22.3. The third-order valence-corrected chi connectivity index (χ3v) is 4.09. The van der Waals surface area contributed by atoms with E-state index in [1.54, 1.807) is 31.2 Å². The predicted octanol–water partition coefficient (Wildman–Crippen LogP) is 2.93. The van der Waals surface area contributed by atoms with Crippen LogP contribution in [0, 0.1) is 10.1 Å². The topological polar surface area (TPSA) is 104 Å². The van der Waals surface area contributed by atoms with Crippen LogP contribution in [0.2, 0.25) is 5.02 Å². The third-order valence-electron chi connectivity index (χ3n) is 3.76. The Morgan fingerprint density at radius 1 is 1.32 bits per heavy atom. The standard InChI is InChI=1S/C17H18ClN3O4/c1-17(23,12-5-3-4-6-13(12)18)10-20-14-8-7-11(16(22)19-2)9-15(14)21(24)25/h3-9,20,23H,10H2,1-2H3,(H,19,22). The van der Waals surface area contributed by atoms with Gasteiger partial charge in [-0.15, -0.1) is 0 Å². The molecule has 2 aromatic carbocycles. The van der Waals surface area contributed by atoms with Gasteiger partial charge in [0.05, 0.1) is 4.92 Å². The number of aliphatic hydroxyl groups is 1. The third kappa shape index (κ3) is 4.26. The summed E-state index contributed by atoms with van der Waals surface area (Å²) in [5.74, 6) is -0.419. The summed E-state index contributed by atoms with van der Waals surface area (Å²) in [5, 5.41) is 27.6. The fourth-order valence-electron chi connectivity index (χ4n) is 2.38. The number of nitrogens with zero attached hydrogens (tertiary/aromatic N) is 1. The maximum absolute atomic E-state index is 11.6. The number of nitrogens with one attached hydrogen (secondary N) is 2. The summed E-state index contributed by atoms with van der Waals surface area (Å²) in [5.41, 5.74) is -0.710. The van der Waals surface area contributed by atoms with Crippen LogP contribution < -0.4 is 10.6 Å². The molecule has 0 aromatic heterocycles. The normalized spacial score (nSPS) is 13.0. The van der Waals surface area contributed by atoms with Crippen LogP contribution in [0.1, 0.15) is 22.8 Å². The SMILES string of the molecule is CNC(=O)c1ccc(NCC(C)(O)c2ccccc2Cl)c([N+](=O)[O-])c1. The van der Waals surface area contributed by atoms with Crippen LogP contribution in [0.15, 0.2) is 42.5 Å². The van der Waals surface area contributed by atoms with Gasteiger partial charge in [-0.05, 0) is 25.1 Å². The molecule has 1 unspecified atom stereocenters. The number of anilines is 1. The molecule has 0 saturated heterocycles. The fraction of sp³-hybridized carbons (Fsp3) is 0.235. The average molecular weight is 364 g/mol. The van der Waals surface area contributed by atoms with Gasteiger partial charge < -0.3 is 15.7 Å². The Hall–Kier alpha value is -2.64. The first-order valence-corrected chi connectivity index (χ1v) is 7.86. The highest BCUT2D eigenvalue weighted by Gasteiger charge is 2.27. The molecule has 0 heterocycles. The first kappa shape index (κ1) is 18.7. The Morgan fingerprint density at radius 3 is 2.60 bits per heavy atom. The highest BCUT2D eigenvalue weighted by atomic mass is 35.5. The van der Waals surface area contributed by atoms with E-state index in [9.17, 15) is 20.0 Å². The van der Waals surface area contributed by atoms with E-state index in [0.717, 1.165) is 0 Å². The molecule has 0 aliphatic rings. The summed E-state index contributed by atoms with van der Waals surface area (Å²) < 4.78 is 0. The van der Waals surface area contributed by atoms with Crippen molar-refractivity contribution in [1.29, 1.82) is 0 Å². The van der Waals surface area contributed by atoms with E-state index in [4.69, 9.17) is 11.6 Å². The molecule has 2 rings (SSSR count). The molecule has 0 fully saturated rings. The quantitative estimate of drug-likeness (QED) is 0.540. The van der Waals surface area contributed by atoms with Crippen molar-refractivity contribution in [3.63, 3.8) is 0 Å². The lowest BCUT2D eigenvalue weighted by Crippen LogP contribution is -2.31. The fourth-order valence-corrected chi connectivity index (χ4v) is 2.72. The molecule has 1 atom stereocenters. The molecule has 132 valence electrons. The van der Waals surface area contributed by atoms with Gasteiger partial charge in [-0.25, -0.2) is 0 Å². The monoisotopic (exact) mass is 363 g/mol. The summed E-state index contributed by atoms with van der Waals surface area (Å²) >= 11 is 6.10. The van der Waals surface area contributed by atoms with Crippen molar-refractivity contribution < 1.29 is 14.8 Å². The van der Waals surface area contributed by atoms with Crippen LogP contribution in [-0.4, -0.2) is 29.5 Å². The van der Waals surface area contributed by atoms with Crippen molar-refractivity contribution in [3.05, 3.63) is 68.7 Å². The van der Waals surface area contributed by atoms with E-state index in [1.807, 2.05) is 0 Å². The van der Waals surface area contributed by atoms with Gasteiger partial charge in [0.15, 0.2) is 0 Å². The number of hydrogen-bond donors (Lipinski definition) is 3. The van der Waals surface area contributed by atoms with Crippen molar-refractivity contribution in [3.8, 4) is 0 Å². The molecule has 8 heteroatoms. The summed E-state index contributed by atoms with van der Waals surface area (Å²) in [7, 11) is 1.45. The number of hydrogen-bond acceptors (Lipinski definition) is 5. The van der Waals surface area contributed by atoms with Gasteiger partial charge in [0.1, 0.15) is 11.3 Å². The number of nitro benzene ring substituents is 1. The van der Waals surface area contributed by atoms with E-state index >= 15 is 0 Å². The van der Waals surface area contributed by atoms with E-state index < -0.39 is 16.4 Å². The maximum atomic E-state index is 11.6. The molecule has 1 amide bonds. The molecule has 0 aliphatic heterocycles. The number of nitro groups is 1. The molecule has 7 nitrogen and oxygen atoms in total. The lowest BCUT2D eigenvalue weighted by Gasteiger charge is -2.25. The highest BCUT2D eigenvalue weighted by Crippen LogP contribution is 2.30.